The highest BCUT2D eigenvalue weighted by Gasteiger charge is 2.25. The maximum absolute atomic E-state index is 12.2. The molecule has 0 aromatic carbocycles. The molecule has 2 aromatic heterocycles. The number of aryl methyl sites for hydroxylation is 1. The zero-order valence-corrected chi connectivity index (χ0v) is 9.47. The third-order valence-corrected chi connectivity index (χ3v) is 3.85. The van der Waals surface area contributed by atoms with Gasteiger partial charge >= 0.3 is 5.69 Å². The summed E-state index contributed by atoms with van der Waals surface area (Å²) in [5.41, 5.74) is 0.369. The number of nitrogens with one attached hydrogen (secondary N) is 1. The second-order valence-electron chi connectivity index (χ2n) is 3.92. The quantitative estimate of drug-likeness (QED) is 0.792. The van der Waals surface area contributed by atoms with E-state index in [1.807, 2.05) is 12.3 Å². The maximum Gasteiger partial charge on any atom is 0.329 e. The Morgan fingerprint density at radius 2 is 2.25 bits per heavy atom. The van der Waals surface area contributed by atoms with Crippen LogP contribution in [0.5, 0.6) is 0 Å². The van der Waals surface area contributed by atoms with E-state index < -0.39 is 0 Å². The topological polar surface area (TPSA) is 64.1 Å². The molecule has 0 spiro atoms. The van der Waals surface area contributed by atoms with Crippen LogP contribution in [0, 0.1) is 6.92 Å². The van der Waals surface area contributed by atoms with E-state index in [9.17, 15) is 9.59 Å². The van der Waals surface area contributed by atoms with Gasteiger partial charge in [0.2, 0.25) is 0 Å². The summed E-state index contributed by atoms with van der Waals surface area (Å²) in [7, 11) is 0. The fourth-order valence-corrected chi connectivity index (χ4v) is 2.80. The maximum atomic E-state index is 12.2. The fourth-order valence-electron chi connectivity index (χ4n) is 1.88. The standard InChI is InChI=1S/C10H10N2O3S/c1-5-4-16-8-7(5)9(13)12(10(14)11-8)6-2-15-3-6/h4,6H,2-3H2,1H3,(H,11,14). The van der Waals surface area contributed by atoms with Crippen molar-refractivity contribution < 1.29 is 4.74 Å². The van der Waals surface area contributed by atoms with Crippen LogP contribution in [0.4, 0.5) is 0 Å². The molecule has 0 aliphatic carbocycles. The molecule has 0 amide bonds. The van der Waals surface area contributed by atoms with E-state index in [1.165, 1.54) is 15.9 Å². The first kappa shape index (κ1) is 9.80. The third-order valence-electron chi connectivity index (χ3n) is 2.83. The van der Waals surface area contributed by atoms with Crippen LogP contribution in [0.1, 0.15) is 11.6 Å². The van der Waals surface area contributed by atoms with Gasteiger partial charge < -0.3 is 4.74 Å². The highest BCUT2D eigenvalue weighted by molar-refractivity contribution is 7.16. The average Bonchev–Trinajstić information content (AvgIpc) is 2.51. The number of aromatic amines is 1. The van der Waals surface area contributed by atoms with Crippen molar-refractivity contribution in [1.82, 2.24) is 9.55 Å². The molecule has 1 aliphatic rings. The molecule has 1 aliphatic heterocycles. The smallest absolute Gasteiger partial charge is 0.329 e. The molecule has 0 unspecified atom stereocenters. The Kier molecular flexibility index (Phi) is 2.02. The normalized spacial score (nSPS) is 16.6. The highest BCUT2D eigenvalue weighted by Crippen LogP contribution is 2.20. The van der Waals surface area contributed by atoms with E-state index >= 15 is 0 Å². The molecule has 3 heterocycles. The second-order valence-corrected chi connectivity index (χ2v) is 4.80. The molecule has 84 valence electrons. The van der Waals surface area contributed by atoms with Gasteiger partial charge in [-0.25, -0.2) is 4.79 Å². The molecule has 0 radical (unpaired) electrons. The van der Waals surface area contributed by atoms with E-state index in [1.54, 1.807) is 0 Å². The van der Waals surface area contributed by atoms with Crippen molar-refractivity contribution in [3.8, 4) is 0 Å². The van der Waals surface area contributed by atoms with E-state index in [0.717, 1.165) is 5.56 Å². The van der Waals surface area contributed by atoms with Crippen LogP contribution in [-0.4, -0.2) is 22.8 Å². The summed E-state index contributed by atoms with van der Waals surface area (Å²) in [6, 6.07) is -0.111. The Balaban J connectivity index is 2.39. The molecule has 5 nitrogen and oxygen atoms in total. The Labute approximate surface area is 94.3 Å². The summed E-state index contributed by atoms with van der Waals surface area (Å²) in [5, 5.41) is 2.50. The lowest BCUT2D eigenvalue weighted by atomic mass is 10.2. The summed E-state index contributed by atoms with van der Waals surface area (Å²) in [6.45, 7) is 2.76. The van der Waals surface area contributed by atoms with Crippen LogP contribution in [0.2, 0.25) is 0 Å². The summed E-state index contributed by atoms with van der Waals surface area (Å²) in [6.07, 6.45) is 0. The molecule has 6 heteroatoms. The summed E-state index contributed by atoms with van der Waals surface area (Å²) < 4.78 is 6.28. The fraction of sp³-hybridized carbons (Fsp3) is 0.400. The Bertz CT molecular complexity index is 663. The Morgan fingerprint density at radius 1 is 1.50 bits per heavy atom. The van der Waals surface area contributed by atoms with E-state index in [0.29, 0.717) is 23.4 Å². The minimum absolute atomic E-state index is 0.111. The molecule has 3 rings (SSSR count). The summed E-state index contributed by atoms with van der Waals surface area (Å²) in [4.78, 5) is 27.3. The third kappa shape index (κ3) is 1.20. The average molecular weight is 238 g/mol. The van der Waals surface area contributed by atoms with Crippen LogP contribution in [0.3, 0.4) is 0 Å². The lowest BCUT2D eigenvalue weighted by Gasteiger charge is -2.26. The number of H-pyrrole nitrogens is 1. The van der Waals surface area contributed by atoms with Crippen LogP contribution in [-0.2, 0) is 4.74 Å². The van der Waals surface area contributed by atoms with E-state index in [2.05, 4.69) is 4.98 Å². The van der Waals surface area contributed by atoms with Crippen molar-refractivity contribution >= 4 is 21.6 Å². The lowest BCUT2D eigenvalue weighted by Crippen LogP contribution is -2.45. The molecule has 2 aromatic rings. The number of ether oxygens (including phenoxy) is 1. The van der Waals surface area contributed by atoms with Gasteiger partial charge in [0.1, 0.15) is 4.83 Å². The van der Waals surface area contributed by atoms with Crippen molar-refractivity contribution in [3.63, 3.8) is 0 Å². The van der Waals surface area contributed by atoms with Gasteiger partial charge in [0, 0.05) is 0 Å². The minimum Gasteiger partial charge on any atom is -0.377 e. The zero-order chi connectivity index (χ0) is 11.3. The van der Waals surface area contributed by atoms with Crippen LogP contribution in [0.15, 0.2) is 15.0 Å². The molecule has 0 bridgehead atoms. The second kappa shape index (κ2) is 3.29. The zero-order valence-electron chi connectivity index (χ0n) is 8.65. The predicted molar refractivity (Wildman–Crippen MR) is 61.3 cm³/mol. The van der Waals surface area contributed by atoms with Gasteiger partial charge in [-0.05, 0) is 17.9 Å². The number of hydrogen-bond acceptors (Lipinski definition) is 4. The Hall–Kier alpha value is -1.40. The monoisotopic (exact) mass is 238 g/mol. The number of thiophene rings is 1. The number of aromatic nitrogens is 2. The lowest BCUT2D eigenvalue weighted by molar-refractivity contribution is -0.0264. The summed E-state index contributed by atoms with van der Waals surface area (Å²) >= 11 is 1.39. The summed E-state index contributed by atoms with van der Waals surface area (Å²) in [5.74, 6) is 0. The number of hydrogen-bond donors (Lipinski definition) is 1. The van der Waals surface area contributed by atoms with Crippen molar-refractivity contribution in [2.75, 3.05) is 13.2 Å². The van der Waals surface area contributed by atoms with Crippen LogP contribution in [0.25, 0.3) is 10.2 Å². The van der Waals surface area contributed by atoms with E-state index in [4.69, 9.17) is 4.74 Å². The number of rotatable bonds is 1. The molecular formula is C10H10N2O3S. The molecule has 1 N–H and O–H groups in total. The van der Waals surface area contributed by atoms with Gasteiger partial charge in [-0.15, -0.1) is 11.3 Å². The van der Waals surface area contributed by atoms with Crippen molar-refractivity contribution in [3.05, 3.63) is 31.8 Å². The minimum atomic E-state index is -0.340. The largest absolute Gasteiger partial charge is 0.377 e. The molecule has 0 atom stereocenters. The van der Waals surface area contributed by atoms with Gasteiger partial charge in [0.15, 0.2) is 0 Å². The van der Waals surface area contributed by atoms with Crippen molar-refractivity contribution in [1.29, 1.82) is 0 Å². The number of nitrogens with zero attached hydrogens (tertiary/aromatic N) is 1. The first-order valence-corrected chi connectivity index (χ1v) is 5.87. The molecule has 1 saturated heterocycles. The molecule has 1 fully saturated rings. The molecular weight excluding hydrogens is 228 g/mol. The highest BCUT2D eigenvalue weighted by atomic mass is 32.1. The SMILES string of the molecule is Cc1csc2[nH]c(=O)n(C3COC3)c(=O)c12. The van der Waals surface area contributed by atoms with Gasteiger partial charge in [0.25, 0.3) is 5.56 Å². The van der Waals surface area contributed by atoms with Crippen molar-refractivity contribution in [2.24, 2.45) is 0 Å². The Morgan fingerprint density at radius 3 is 2.88 bits per heavy atom. The van der Waals surface area contributed by atoms with Gasteiger partial charge in [-0.1, -0.05) is 0 Å². The van der Waals surface area contributed by atoms with Crippen molar-refractivity contribution in [2.45, 2.75) is 13.0 Å². The first-order chi connectivity index (χ1) is 7.68. The number of fused-ring (bicyclic) bond motifs is 1. The molecule has 16 heavy (non-hydrogen) atoms. The molecule has 0 saturated carbocycles. The van der Waals surface area contributed by atoms with Crippen LogP contribution < -0.4 is 11.2 Å². The van der Waals surface area contributed by atoms with Gasteiger partial charge in [-0.3, -0.25) is 14.3 Å². The van der Waals surface area contributed by atoms with Gasteiger partial charge in [0.05, 0.1) is 24.6 Å². The van der Waals surface area contributed by atoms with Crippen LogP contribution >= 0.6 is 11.3 Å². The first-order valence-electron chi connectivity index (χ1n) is 4.99. The van der Waals surface area contributed by atoms with E-state index in [-0.39, 0.29) is 17.3 Å². The predicted octanol–water partition coefficient (Wildman–Crippen LogP) is 0.631. The van der Waals surface area contributed by atoms with Gasteiger partial charge in [-0.2, -0.15) is 0 Å².